The molecule has 1 atom stereocenters. The van der Waals surface area contributed by atoms with Crippen molar-refractivity contribution in [3.63, 3.8) is 0 Å². The number of hydrogen-bond donors (Lipinski definition) is 1. The fourth-order valence-electron chi connectivity index (χ4n) is 2.80. The van der Waals surface area contributed by atoms with Crippen LogP contribution < -0.4 is 0 Å². The third kappa shape index (κ3) is 4.01. The van der Waals surface area contributed by atoms with Gasteiger partial charge in [-0.25, -0.2) is 0 Å². The van der Waals surface area contributed by atoms with Gasteiger partial charge < -0.3 is 14.4 Å². The molecule has 1 heterocycles. The van der Waals surface area contributed by atoms with Gasteiger partial charge >= 0.3 is 0 Å². The second-order valence-corrected chi connectivity index (χ2v) is 5.49. The van der Waals surface area contributed by atoms with Crippen LogP contribution in [0.15, 0.2) is 4.52 Å². The maximum Gasteiger partial charge on any atom is 0.229 e. The minimum atomic E-state index is -0.575. The Labute approximate surface area is 114 Å². The van der Waals surface area contributed by atoms with E-state index in [4.69, 9.17) is 9.26 Å². The summed E-state index contributed by atoms with van der Waals surface area (Å²) in [6.45, 7) is 2.55. The number of aliphatic hydroxyl groups excluding tert-OH is 1. The molecule has 19 heavy (non-hydrogen) atoms. The molecule has 5 nitrogen and oxygen atoms in total. The second kappa shape index (κ2) is 7.01. The van der Waals surface area contributed by atoms with E-state index < -0.39 is 6.10 Å². The Balaban J connectivity index is 1.87. The van der Waals surface area contributed by atoms with Crippen molar-refractivity contribution in [2.45, 2.75) is 57.5 Å². The first kappa shape index (κ1) is 14.5. The van der Waals surface area contributed by atoms with Crippen molar-refractivity contribution in [3.05, 3.63) is 11.7 Å². The predicted molar refractivity (Wildman–Crippen MR) is 70.9 cm³/mol. The van der Waals surface area contributed by atoms with Crippen LogP contribution in [0.2, 0.25) is 0 Å². The Morgan fingerprint density at radius 3 is 2.74 bits per heavy atom. The van der Waals surface area contributed by atoms with Gasteiger partial charge in [0.05, 0.1) is 19.1 Å². The molecular formula is C14H24N2O3. The molecule has 0 spiro atoms. The van der Waals surface area contributed by atoms with E-state index in [0.29, 0.717) is 24.8 Å². The highest BCUT2D eigenvalue weighted by Gasteiger charge is 2.25. The van der Waals surface area contributed by atoms with Crippen molar-refractivity contribution in [2.75, 3.05) is 13.7 Å². The zero-order chi connectivity index (χ0) is 13.7. The Bertz CT molecular complexity index is 373. The number of hydrogen-bond acceptors (Lipinski definition) is 5. The van der Waals surface area contributed by atoms with Crippen molar-refractivity contribution < 1.29 is 14.4 Å². The smallest absolute Gasteiger partial charge is 0.229 e. The van der Waals surface area contributed by atoms with Gasteiger partial charge in [0.15, 0.2) is 5.82 Å². The van der Waals surface area contributed by atoms with E-state index in [1.54, 1.807) is 7.11 Å². The van der Waals surface area contributed by atoms with Gasteiger partial charge in [-0.15, -0.1) is 0 Å². The third-order valence-corrected chi connectivity index (χ3v) is 4.04. The van der Waals surface area contributed by atoms with Gasteiger partial charge in [-0.3, -0.25) is 0 Å². The van der Waals surface area contributed by atoms with Crippen molar-refractivity contribution >= 4 is 0 Å². The molecule has 0 radical (unpaired) electrons. The largest absolute Gasteiger partial charge is 0.390 e. The fourth-order valence-corrected chi connectivity index (χ4v) is 2.80. The van der Waals surface area contributed by atoms with E-state index in [-0.39, 0.29) is 0 Å². The zero-order valence-electron chi connectivity index (χ0n) is 11.8. The van der Waals surface area contributed by atoms with Gasteiger partial charge in [0, 0.05) is 13.0 Å². The zero-order valence-corrected chi connectivity index (χ0v) is 11.8. The quantitative estimate of drug-likeness (QED) is 0.857. The molecule has 5 heteroatoms. The van der Waals surface area contributed by atoms with E-state index in [2.05, 4.69) is 17.1 Å². The van der Waals surface area contributed by atoms with Gasteiger partial charge in [0.25, 0.3) is 0 Å². The topological polar surface area (TPSA) is 68.4 Å². The van der Waals surface area contributed by atoms with E-state index in [9.17, 15) is 5.11 Å². The molecule has 1 aromatic heterocycles. The van der Waals surface area contributed by atoms with Gasteiger partial charge in [-0.05, 0) is 31.6 Å². The highest BCUT2D eigenvalue weighted by molar-refractivity contribution is 4.98. The minimum Gasteiger partial charge on any atom is -0.390 e. The summed E-state index contributed by atoms with van der Waals surface area (Å²) < 4.78 is 10.1. The van der Waals surface area contributed by atoms with Crippen molar-refractivity contribution in [2.24, 2.45) is 5.92 Å². The molecule has 1 aliphatic carbocycles. The maximum atomic E-state index is 9.64. The highest BCUT2D eigenvalue weighted by atomic mass is 16.5. The van der Waals surface area contributed by atoms with Crippen LogP contribution in [0.1, 0.15) is 56.7 Å². The van der Waals surface area contributed by atoms with Crippen LogP contribution in [0.3, 0.4) is 0 Å². The predicted octanol–water partition coefficient (Wildman–Crippen LogP) is 2.30. The van der Waals surface area contributed by atoms with Gasteiger partial charge in [0.1, 0.15) is 0 Å². The molecule has 2 rings (SSSR count). The maximum absolute atomic E-state index is 9.64. The van der Waals surface area contributed by atoms with Crippen LogP contribution in [0, 0.1) is 5.92 Å². The molecule has 1 fully saturated rings. The molecule has 0 amide bonds. The van der Waals surface area contributed by atoms with Crippen LogP contribution in [0.5, 0.6) is 0 Å². The summed E-state index contributed by atoms with van der Waals surface area (Å²) in [5, 5.41) is 13.7. The first-order valence-electron chi connectivity index (χ1n) is 7.22. The SMILES string of the molecule is CCC1CCC(c2noc(CC(O)COC)n2)CC1. The standard InChI is InChI=1S/C14H24N2O3/c1-3-10-4-6-11(7-5-10)14-15-13(19-16-14)8-12(17)9-18-2/h10-12,17H,3-9H2,1-2H3. The Morgan fingerprint density at radius 2 is 2.11 bits per heavy atom. The summed E-state index contributed by atoms with van der Waals surface area (Å²) in [5.41, 5.74) is 0. The molecule has 0 aliphatic heterocycles. The van der Waals surface area contributed by atoms with Crippen LogP contribution >= 0.6 is 0 Å². The number of nitrogens with zero attached hydrogens (tertiary/aromatic N) is 2. The van der Waals surface area contributed by atoms with E-state index >= 15 is 0 Å². The van der Waals surface area contributed by atoms with Crippen LogP contribution in [-0.4, -0.2) is 35.1 Å². The average Bonchev–Trinajstić information content (AvgIpc) is 2.87. The number of aliphatic hydroxyl groups is 1. The molecule has 0 aromatic carbocycles. The second-order valence-electron chi connectivity index (χ2n) is 5.49. The first-order valence-corrected chi connectivity index (χ1v) is 7.22. The van der Waals surface area contributed by atoms with Crippen molar-refractivity contribution in [1.29, 1.82) is 0 Å². The van der Waals surface area contributed by atoms with Crippen molar-refractivity contribution in [1.82, 2.24) is 10.1 Å². The molecule has 1 saturated carbocycles. The van der Waals surface area contributed by atoms with Crippen LogP contribution in [0.4, 0.5) is 0 Å². The summed E-state index contributed by atoms with van der Waals surface area (Å²) in [7, 11) is 1.56. The third-order valence-electron chi connectivity index (χ3n) is 4.04. The molecular weight excluding hydrogens is 244 g/mol. The Hall–Kier alpha value is -0.940. The lowest BCUT2D eigenvalue weighted by atomic mass is 9.80. The van der Waals surface area contributed by atoms with Crippen LogP contribution in [0.25, 0.3) is 0 Å². The van der Waals surface area contributed by atoms with E-state index in [1.165, 1.54) is 19.3 Å². The lowest BCUT2D eigenvalue weighted by molar-refractivity contribution is 0.0599. The lowest BCUT2D eigenvalue weighted by Crippen LogP contribution is -2.17. The average molecular weight is 268 g/mol. The molecule has 1 unspecified atom stereocenters. The summed E-state index contributed by atoms with van der Waals surface area (Å²) in [6.07, 6.45) is 5.89. The summed E-state index contributed by atoms with van der Waals surface area (Å²) >= 11 is 0. The molecule has 0 bridgehead atoms. The molecule has 1 aromatic rings. The summed E-state index contributed by atoms with van der Waals surface area (Å²) in [5.74, 6) is 2.62. The number of aromatic nitrogens is 2. The fraction of sp³-hybridized carbons (Fsp3) is 0.857. The summed E-state index contributed by atoms with van der Waals surface area (Å²) in [4.78, 5) is 4.41. The molecule has 1 N–H and O–H groups in total. The normalized spacial score (nSPS) is 25.4. The van der Waals surface area contributed by atoms with E-state index in [0.717, 1.165) is 24.6 Å². The Morgan fingerprint density at radius 1 is 1.37 bits per heavy atom. The molecule has 108 valence electrons. The molecule has 0 saturated heterocycles. The van der Waals surface area contributed by atoms with Gasteiger partial charge in [-0.1, -0.05) is 18.5 Å². The summed E-state index contributed by atoms with van der Waals surface area (Å²) in [6, 6.07) is 0. The van der Waals surface area contributed by atoms with Crippen LogP contribution in [-0.2, 0) is 11.2 Å². The number of methoxy groups -OCH3 is 1. The van der Waals surface area contributed by atoms with Crippen molar-refractivity contribution in [3.8, 4) is 0 Å². The first-order chi connectivity index (χ1) is 9.22. The lowest BCUT2D eigenvalue weighted by Gasteiger charge is -2.25. The van der Waals surface area contributed by atoms with Gasteiger partial charge in [0.2, 0.25) is 5.89 Å². The van der Waals surface area contributed by atoms with E-state index in [1.807, 2.05) is 0 Å². The molecule has 1 aliphatic rings. The monoisotopic (exact) mass is 268 g/mol. The number of rotatable bonds is 6. The number of ether oxygens (including phenoxy) is 1. The highest BCUT2D eigenvalue weighted by Crippen LogP contribution is 2.35. The Kier molecular flexibility index (Phi) is 5.34. The minimum absolute atomic E-state index is 0.291. The van der Waals surface area contributed by atoms with Gasteiger partial charge in [-0.2, -0.15) is 4.98 Å².